The summed E-state index contributed by atoms with van der Waals surface area (Å²) >= 11 is 0. The van der Waals surface area contributed by atoms with Crippen LogP contribution in [0.25, 0.3) is 0 Å². The average Bonchev–Trinajstić information content (AvgIpc) is 0.775. The molecule has 30 aliphatic heterocycles. The molecule has 40 atom stereocenters. The lowest BCUT2D eigenvalue weighted by atomic mass is 9.94. The second-order valence-corrected chi connectivity index (χ2v) is 25.3. The van der Waals surface area contributed by atoms with Crippen LogP contribution in [0.1, 0.15) is 32.6 Å². The Morgan fingerprint density at radius 1 is 0.248 bits per heavy atom. The number of aliphatic hydroxyl groups is 24. The van der Waals surface area contributed by atoms with E-state index in [1.807, 2.05) is 0 Å². The molecule has 0 amide bonds. The van der Waals surface area contributed by atoms with E-state index < -0.39 is 299 Å². The van der Waals surface area contributed by atoms with Crippen LogP contribution in [-0.4, -0.2) is 440 Å². The number of hydrogen-bond acceptors (Lipinski definition) is 41. The normalized spacial score (nSPS) is 49.7. The molecule has 0 saturated carbocycles. The summed E-state index contributed by atoms with van der Waals surface area (Å²) in [5, 5.41) is 265. The van der Waals surface area contributed by atoms with Gasteiger partial charge in [0.05, 0.1) is 52.9 Å². The predicted molar refractivity (Wildman–Crippen MR) is 318 cm³/mol. The summed E-state index contributed by atoms with van der Waals surface area (Å²) in [6.07, 6.45) is -77.3. The molecule has 30 N–H and O–H groups in total. The SMILES string of the molecule is CCCCCCN=C(N)N=C(N)N.OCC1OC2OC3C(CO)OC(OC4C(CO)OC(OC5C(CO)OC(OC6C(CO)OC(OC7C(CO)OC(OC8C(CO)OC(OC9C(CO)OC(OC1C(O)C2O)C(O)C9O)C(O)C8O)C(O)C7O)C(O)C6O)C(O)C5O)C(O)C4O)C(O)C3O. The molecule has 0 aromatic heterocycles. The highest BCUT2D eigenvalue weighted by Gasteiger charge is 2.60. The number of aliphatic hydroxyl groups excluding tert-OH is 24. The predicted octanol–water partition coefficient (Wildman–Crippen LogP) is -17.3. The molecule has 16 bridgehead atoms. The molecule has 30 fully saturated rings. The van der Waals surface area contributed by atoms with Crippen molar-refractivity contribution in [1.29, 1.82) is 0 Å². The average molecular weight is 1480 g/mol. The van der Waals surface area contributed by atoms with Gasteiger partial charge in [0.1, 0.15) is 195 Å². The fourth-order valence-corrected chi connectivity index (χ4v) is 12.8. The molecular formula is C56H99N5O40. The van der Waals surface area contributed by atoms with Gasteiger partial charge in [-0.15, -0.1) is 0 Å². The quantitative estimate of drug-likeness (QED) is 0.0462. The number of nitrogens with zero attached hydrogens (tertiary/aromatic N) is 2. The zero-order valence-corrected chi connectivity index (χ0v) is 54.2. The van der Waals surface area contributed by atoms with Crippen molar-refractivity contribution in [2.24, 2.45) is 27.2 Å². The van der Waals surface area contributed by atoms with Gasteiger partial charge < -0.3 is 216 Å². The lowest BCUT2D eigenvalue weighted by molar-refractivity contribution is -0.404. The molecule has 30 heterocycles. The minimum absolute atomic E-state index is 0.0465. The van der Waals surface area contributed by atoms with Gasteiger partial charge in [-0.3, -0.25) is 4.99 Å². The molecule has 0 spiro atoms. The van der Waals surface area contributed by atoms with E-state index in [-0.39, 0.29) is 11.9 Å². The van der Waals surface area contributed by atoms with E-state index in [2.05, 4.69) is 16.9 Å². The van der Waals surface area contributed by atoms with Gasteiger partial charge in [-0.05, 0) is 6.42 Å². The topological polar surface area (TPSA) is 736 Å². The van der Waals surface area contributed by atoms with Crippen molar-refractivity contribution in [3.63, 3.8) is 0 Å². The number of ether oxygens (including phenoxy) is 16. The smallest absolute Gasteiger partial charge is 0.218 e. The molecule has 30 saturated heterocycles. The Kier molecular flexibility index (Phi) is 31.3. The van der Waals surface area contributed by atoms with E-state index in [4.69, 9.17) is 93.0 Å². The fourth-order valence-electron chi connectivity index (χ4n) is 12.8. The third kappa shape index (κ3) is 18.8. The van der Waals surface area contributed by atoms with Crippen LogP contribution in [0.2, 0.25) is 0 Å². The van der Waals surface area contributed by atoms with Crippen molar-refractivity contribution in [1.82, 2.24) is 0 Å². The van der Waals surface area contributed by atoms with Gasteiger partial charge in [-0.1, -0.05) is 26.2 Å². The summed E-state index contributed by atoms with van der Waals surface area (Å²) in [6, 6.07) is 0. The van der Waals surface area contributed by atoms with Crippen LogP contribution < -0.4 is 17.2 Å². The number of hydrogen-bond donors (Lipinski definition) is 27. The third-order valence-electron chi connectivity index (χ3n) is 18.4. The Balaban J connectivity index is 0.000000903. The first-order valence-corrected chi connectivity index (χ1v) is 32.7. The van der Waals surface area contributed by atoms with Crippen LogP contribution in [0.4, 0.5) is 0 Å². The zero-order chi connectivity index (χ0) is 74.2. The van der Waals surface area contributed by atoms with Gasteiger partial charge in [0.2, 0.25) is 5.96 Å². The highest BCUT2D eigenvalue weighted by molar-refractivity contribution is 5.92. The maximum Gasteiger partial charge on any atom is 0.218 e. The number of rotatable bonds is 13. The summed E-state index contributed by atoms with van der Waals surface area (Å²) in [7, 11) is 0. The van der Waals surface area contributed by atoms with Crippen molar-refractivity contribution in [2.75, 3.05) is 59.4 Å². The van der Waals surface area contributed by atoms with Crippen LogP contribution in [0.3, 0.4) is 0 Å². The summed E-state index contributed by atoms with van der Waals surface area (Å²) < 4.78 is 91.1. The molecule has 0 aromatic carbocycles. The van der Waals surface area contributed by atoms with E-state index in [0.29, 0.717) is 6.54 Å². The van der Waals surface area contributed by atoms with Crippen molar-refractivity contribution in [3.8, 4) is 0 Å². The summed E-state index contributed by atoms with van der Waals surface area (Å²) in [5.74, 6) is 0.117. The third-order valence-corrected chi connectivity index (χ3v) is 18.4. The minimum atomic E-state index is -2.25. The summed E-state index contributed by atoms with van der Waals surface area (Å²) in [6.45, 7) is -5.78. The Hall–Kier alpha value is -2.86. The van der Waals surface area contributed by atoms with E-state index in [0.717, 1.165) is 6.42 Å². The van der Waals surface area contributed by atoms with E-state index in [1.54, 1.807) is 0 Å². The van der Waals surface area contributed by atoms with Gasteiger partial charge in [-0.2, -0.15) is 4.99 Å². The van der Waals surface area contributed by atoms with Crippen LogP contribution in [0.5, 0.6) is 0 Å². The lowest BCUT2D eigenvalue weighted by Gasteiger charge is -2.50. The Labute approximate surface area is 573 Å². The van der Waals surface area contributed by atoms with Crippen LogP contribution in [0, 0.1) is 0 Å². The molecule has 588 valence electrons. The van der Waals surface area contributed by atoms with Gasteiger partial charge in [0.25, 0.3) is 0 Å². The Morgan fingerprint density at radius 2 is 0.416 bits per heavy atom. The van der Waals surface area contributed by atoms with Gasteiger partial charge in [0, 0.05) is 6.54 Å². The molecule has 101 heavy (non-hydrogen) atoms. The van der Waals surface area contributed by atoms with Crippen LogP contribution in [-0.2, 0) is 75.8 Å². The number of aliphatic imine (C=N–C) groups is 2. The molecule has 0 radical (unpaired) electrons. The number of guanidine groups is 2. The van der Waals surface area contributed by atoms with Gasteiger partial charge >= 0.3 is 0 Å². The first-order chi connectivity index (χ1) is 48.1. The monoisotopic (exact) mass is 1480 g/mol. The largest absolute Gasteiger partial charge is 0.394 e. The maximum absolute atomic E-state index is 11.4. The highest BCUT2D eigenvalue weighted by Crippen LogP contribution is 2.40. The second kappa shape index (κ2) is 37.8. The standard InChI is InChI=1S/C48H80O40.C8H19N5/c49-1-9-33-17(57)25(65)41(73-9)82-34-10(2-50)75-43(27(67)19(34)59)84-36-12(4-52)77-45(29(69)21(36)61)86-38-14(6-54)79-47(31(71)23(38)63)88-40-16(8-56)80-48(32(72)24(40)64)87-39-15(7-55)78-46(30(70)22(39)62)85-37-13(5-53)76-44(28(68)20(37)60)83-35-11(3-51)74-42(81-33)26(66)18(35)58;1-2-3-4-5-6-12-8(11)13-7(9)10/h9-72H,1-8H2;2-6H2,1H3,(H6,9,10,11,12,13). The molecule has 45 nitrogen and oxygen atoms in total. The van der Waals surface area contributed by atoms with Crippen LogP contribution in [0.15, 0.2) is 9.98 Å². The second-order valence-electron chi connectivity index (χ2n) is 25.3. The van der Waals surface area contributed by atoms with E-state index >= 15 is 0 Å². The van der Waals surface area contributed by atoms with Crippen molar-refractivity contribution in [2.45, 2.75) is 278 Å². The summed E-state index contributed by atoms with van der Waals surface area (Å²) in [4.78, 5) is 7.58. The lowest BCUT2D eigenvalue weighted by Crippen LogP contribution is -2.69. The maximum atomic E-state index is 11.4. The molecule has 45 heteroatoms. The van der Waals surface area contributed by atoms with Gasteiger partial charge in [-0.25, -0.2) is 0 Å². The molecule has 40 unspecified atom stereocenters. The van der Waals surface area contributed by atoms with Crippen molar-refractivity contribution in [3.05, 3.63) is 0 Å². The van der Waals surface area contributed by atoms with Crippen molar-refractivity contribution >= 4 is 11.9 Å². The Bertz CT molecular complexity index is 2090. The highest BCUT2D eigenvalue weighted by atomic mass is 16.8. The number of nitrogens with two attached hydrogens (primary N) is 3. The van der Waals surface area contributed by atoms with E-state index in [9.17, 15) is 123 Å². The number of unbranched alkanes of at least 4 members (excludes halogenated alkanes) is 3. The first-order valence-electron chi connectivity index (χ1n) is 32.7. The first kappa shape index (κ1) is 83.8. The molecule has 0 aromatic rings. The van der Waals surface area contributed by atoms with E-state index in [1.165, 1.54) is 19.3 Å². The van der Waals surface area contributed by atoms with Crippen LogP contribution >= 0.6 is 0 Å². The summed E-state index contributed by atoms with van der Waals surface area (Å²) in [5.41, 5.74) is 15.6. The molecule has 30 aliphatic rings. The minimum Gasteiger partial charge on any atom is -0.394 e. The Morgan fingerprint density at radius 3 is 0.554 bits per heavy atom. The molecular weight excluding hydrogens is 1380 g/mol. The fraction of sp³-hybridized carbons (Fsp3) is 0.964. The molecule has 0 aliphatic carbocycles. The van der Waals surface area contributed by atoms with Gasteiger partial charge in [0.15, 0.2) is 56.3 Å². The zero-order valence-electron chi connectivity index (χ0n) is 54.2. The molecule has 30 rings (SSSR count). The van der Waals surface area contributed by atoms with Crippen molar-refractivity contribution < 1.29 is 198 Å².